The van der Waals surface area contributed by atoms with Crippen molar-refractivity contribution < 1.29 is 19.9 Å². The van der Waals surface area contributed by atoms with Crippen LogP contribution < -0.4 is 10.1 Å². The summed E-state index contributed by atoms with van der Waals surface area (Å²) in [6.45, 7) is 0.503. The van der Waals surface area contributed by atoms with Crippen LogP contribution in [0.4, 0.5) is 5.69 Å². The normalized spacial score (nSPS) is 13.9. The van der Waals surface area contributed by atoms with Crippen molar-refractivity contribution in [2.24, 2.45) is 0 Å². The second kappa shape index (κ2) is 6.98. The van der Waals surface area contributed by atoms with Gasteiger partial charge in [-0.15, -0.1) is 0 Å². The summed E-state index contributed by atoms with van der Waals surface area (Å²) in [7, 11) is 3.05. The number of nitrogens with zero attached hydrogens (tertiary/aromatic N) is 2. The number of nitrogens with one attached hydrogen (secondary N) is 1. The van der Waals surface area contributed by atoms with Crippen LogP contribution in [-0.4, -0.2) is 46.9 Å². The average molecular weight is 271 g/mol. The Balaban J connectivity index is 3.01. The van der Waals surface area contributed by atoms with Crippen molar-refractivity contribution in [3.8, 4) is 5.88 Å². The maximum Gasteiger partial charge on any atom is 0.288 e. The second-order valence-electron chi connectivity index (χ2n) is 3.95. The molecular weight excluding hydrogens is 254 g/mol. The van der Waals surface area contributed by atoms with Crippen molar-refractivity contribution in [3.63, 3.8) is 0 Å². The van der Waals surface area contributed by atoms with E-state index >= 15 is 0 Å². The lowest BCUT2D eigenvalue weighted by atomic mass is 10.0. The maximum atomic E-state index is 10.7. The number of pyridine rings is 1. The monoisotopic (exact) mass is 271 g/mol. The van der Waals surface area contributed by atoms with E-state index in [4.69, 9.17) is 4.74 Å². The number of rotatable bonds is 7. The van der Waals surface area contributed by atoms with Crippen LogP contribution in [0.2, 0.25) is 0 Å². The van der Waals surface area contributed by atoms with Crippen molar-refractivity contribution in [2.75, 3.05) is 20.7 Å². The molecule has 2 atom stereocenters. The van der Waals surface area contributed by atoms with E-state index in [1.165, 1.54) is 7.11 Å². The summed E-state index contributed by atoms with van der Waals surface area (Å²) < 4.78 is 4.94. The largest absolute Gasteiger partial charge is 0.481 e. The quantitative estimate of drug-likeness (QED) is 0.472. The van der Waals surface area contributed by atoms with E-state index in [1.54, 1.807) is 7.05 Å². The summed E-state index contributed by atoms with van der Waals surface area (Å²) in [5.41, 5.74) is -0.170. The lowest BCUT2D eigenvalue weighted by molar-refractivity contribution is -0.385. The molecule has 1 heterocycles. The molecule has 0 aliphatic carbocycles. The third kappa shape index (κ3) is 3.85. The molecule has 0 fully saturated rings. The van der Waals surface area contributed by atoms with Gasteiger partial charge in [0.15, 0.2) is 0 Å². The molecule has 0 radical (unpaired) electrons. The van der Waals surface area contributed by atoms with Gasteiger partial charge in [0.05, 0.1) is 23.7 Å². The molecule has 0 bridgehead atoms. The number of aliphatic hydroxyl groups is 2. The minimum absolute atomic E-state index is 0.0570. The summed E-state index contributed by atoms with van der Waals surface area (Å²) in [5.74, 6) is 0.0570. The summed E-state index contributed by atoms with van der Waals surface area (Å²) in [6.07, 6.45) is -1.03. The van der Waals surface area contributed by atoms with E-state index in [0.29, 0.717) is 13.0 Å². The van der Waals surface area contributed by atoms with Gasteiger partial charge in [-0.05, 0) is 20.0 Å². The van der Waals surface area contributed by atoms with Gasteiger partial charge in [-0.3, -0.25) is 10.1 Å². The Morgan fingerprint density at radius 3 is 2.79 bits per heavy atom. The fourth-order valence-electron chi connectivity index (χ4n) is 1.60. The third-order valence-corrected chi connectivity index (χ3v) is 2.64. The number of aliphatic hydroxyl groups excluding tert-OH is 2. The lowest BCUT2D eigenvalue weighted by Gasteiger charge is -2.19. The molecule has 8 nitrogen and oxygen atoms in total. The SMILES string of the molecule is CNCCC(O)C(O)c1cc([N+](=O)[O-])cnc1OC. The Morgan fingerprint density at radius 1 is 1.58 bits per heavy atom. The molecule has 19 heavy (non-hydrogen) atoms. The van der Waals surface area contributed by atoms with Crippen molar-refractivity contribution in [3.05, 3.63) is 27.9 Å². The average Bonchev–Trinajstić information content (AvgIpc) is 2.42. The Kier molecular flexibility index (Phi) is 5.61. The third-order valence-electron chi connectivity index (χ3n) is 2.64. The van der Waals surface area contributed by atoms with E-state index in [-0.39, 0.29) is 17.1 Å². The minimum Gasteiger partial charge on any atom is -0.481 e. The molecule has 1 rings (SSSR count). The fourth-order valence-corrected chi connectivity index (χ4v) is 1.60. The lowest BCUT2D eigenvalue weighted by Crippen LogP contribution is -2.24. The van der Waals surface area contributed by atoms with Gasteiger partial charge in [-0.2, -0.15) is 0 Å². The second-order valence-corrected chi connectivity index (χ2v) is 3.95. The Labute approximate surface area is 110 Å². The molecule has 0 aliphatic heterocycles. The number of nitro groups is 1. The molecule has 1 aromatic heterocycles. The Hall–Kier alpha value is -1.77. The van der Waals surface area contributed by atoms with E-state index in [2.05, 4.69) is 10.3 Å². The minimum atomic E-state index is -1.30. The smallest absolute Gasteiger partial charge is 0.288 e. The van der Waals surface area contributed by atoms with Crippen LogP contribution in [0.15, 0.2) is 12.3 Å². The zero-order valence-electron chi connectivity index (χ0n) is 10.7. The van der Waals surface area contributed by atoms with Gasteiger partial charge in [0.2, 0.25) is 5.88 Å². The predicted octanol–water partition coefficient (Wildman–Crippen LogP) is 0.00220. The Morgan fingerprint density at radius 2 is 2.26 bits per heavy atom. The van der Waals surface area contributed by atoms with Crippen molar-refractivity contribution in [1.82, 2.24) is 10.3 Å². The molecule has 0 amide bonds. The highest BCUT2D eigenvalue weighted by atomic mass is 16.6. The van der Waals surface area contributed by atoms with E-state index in [1.807, 2.05) is 0 Å². The molecule has 0 saturated carbocycles. The van der Waals surface area contributed by atoms with Crippen LogP contribution in [0.1, 0.15) is 18.1 Å². The zero-order chi connectivity index (χ0) is 14.4. The van der Waals surface area contributed by atoms with Crippen LogP contribution in [0, 0.1) is 10.1 Å². The first-order valence-electron chi connectivity index (χ1n) is 5.70. The van der Waals surface area contributed by atoms with Gasteiger partial charge in [-0.25, -0.2) is 4.98 Å². The summed E-state index contributed by atoms with van der Waals surface area (Å²) in [4.78, 5) is 13.8. The topological polar surface area (TPSA) is 118 Å². The van der Waals surface area contributed by atoms with Crippen LogP contribution in [-0.2, 0) is 0 Å². The predicted molar refractivity (Wildman–Crippen MR) is 67.0 cm³/mol. The van der Waals surface area contributed by atoms with Crippen LogP contribution in [0.25, 0.3) is 0 Å². The summed E-state index contributed by atoms with van der Waals surface area (Å²) in [5, 5.41) is 33.3. The maximum absolute atomic E-state index is 10.7. The van der Waals surface area contributed by atoms with Crippen LogP contribution in [0.3, 0.4) is 0 Å². The molecule has 3 N–H and O–H groups in total. The van der Waals surface area contributed by atoms with Gasteiger partial charge >= 0.3 is 0 Å². The van der Waals surface area contributed by atoms with Crippen molar-refractivity contribution in [1.29, 1.82) is 0 Å². The molecule has 1 aromatic rings. The molecule has 0 aliphatic rings. The molecule has 8 heteroatoms. The molecule has 2 unspecified atom stereocenters. The number of hydrogen-bond donors (Lipinski definition) is 3. The molecule has 0 spiro atoms. The first-order chi connectivity index (χ1) is 9.01. The standard InChI is InChI=1S/C11H17N3O5/c1-12-4-3-9(15)10(16)8-5-7(14(17)18)6-13-11(8)19-2/h5-6,9-10,12,15-16H,3-4H2,1-2H3. The van der Waals surface area contributed by atoms with Crippen molar-refractivity contribution in [2.45, 2.75) is 18.6 Å². The first kappa shape index (κ1) is 15.3. The number of ether oxygens (including phenoxy) is 1. The van der Waals surface area contributed by atoms with Crippen molar-refractivity contribution >= 4 is 5.69 Å². The van der Waals surface area contributed by atoms with Crippen LogP contribution in [0.5, 0.6) is 5.88 Å². The zero-order valence-corrected chi connectivity index (χ0v) is 10.7. The number of hydrogen-bond acceptors (Lipinski definition) is 7. The number of methoxy groups -OCH3 is 1. The highest BCUT2D eigenvalue weighted by Gasteiger charge is 2.24. The molecular formula is C11H17N3O5. The highest BCUT2D eigenvalue weighted by Crippen LogP contribution is 2.29. The molecule has 0 aromatic carbocycles. The highest BCUT2D eigenvalue weighted by molar-refractivity contribution is 5.39. The Bertz CT molecular complexity index is 440. The van der Waals surface area contributed by atoms with E-state index in [9.17, 15) is 20.3 Å². The number of aromatic nitrogens is 1. The van der Waals surface area contributed by atoms with Crippen LogP contribution >= 0.6 is 0 Å². The van der Waals surface area contributed by atoms with E-state index in [0.717, 1.165) is 12.3 Å². The molecule has 0 saturated heterocycles. The fraction of sp³-hybridized carbons (Fsp3) is 0.545. The summed E-state index contributed by atoms with van der Waals surface area (Å²) >= 11 is 0. The van der Waals surface area contributed by atoms with Gasteiger partial charge < -0.3 is 20.3 Å². The van der Waals surface area contributed by atoms with E-state index < -0.39 is 17.1 Å². The van der Waals surface area contributed by atoms with Gasteiger partial charge in [-0.1, -0.05) is 0 Å². The molecule has 106 valence electrons. The summed E-state index contributed by atoms with van der Waals surface area (Å²) in [6, 6.07) is 1.15. The van der Waals surface area contributed by atoms with Gasteiger partial charge in [0.1, 0.15) is 12.3 Å². The van der Waals surface area contributed by atoms with Gasteiger partial charge in [0, 0.05) is 6.07 Å². The van der Waals surface area contributed by atoms with Gasteiger partial charge in [0.25, 0.3) is 5.69 Å². The first-order valence-corrected chi connectivity index (χ1v) is 5.70.